The largest absolute Gasteiger partial charge is 0.359 e. The summed E-state index contributed by atoms with van der Waals surface area (Å²) in [6.07, 6.45) is 5.06. The maximum atomic E-state index is 12.1. The van der Waals surface area contributed by atoms with Gasteiger partial charge in [-0.1, -0.05) is 48.5 Å². The zero-order valence-corrected chi connectivity index (χ0v) is 12.0. The number of hydrogen-bond acceptors (Lipinski definition) is 2. The number of carbonyl (C=O) groups is 1. The monoisotopic (exact) mass is 277 g/mol. The van der Waals surface area contributed by atoms with Gasteiger partial charge in [0.05, 0.1) is 0 Å². The molecule has 0 spiro atoms. The second-order valence-corrected chi connectivity index (χ2v) is 5.40. The summed E-state index contributed by atoms with van der Waals surface area (Å²) in [6.45, 7) is 0. The van der Waals surface area contributed by atoms with Gasteiger partial charge in [-0.3, -0.25) is 4.79 Å². The smallest absolute Gasteiger partial charge is 0.157 e. The number of anilines is 1. The predicted molar refractivity (Wildman–Crippen MR) is 86.2 cm³/mol. The Bertz CT molecular complexity index is 658. The molecule has 2 aromatic rings. The van der Waals surface area contributed by atoms with Crippen molar-refractivity contribution >= 4 is 11.5 Å². The first-order valence-electron chi connectivity index (χ1n) is 7.43. The van der Waals surface area contributed by atoms with Crippen LogP contribution in [0.3, 0.4) is 0 Å². The highest BCUT2D eigenvalue weighted by molar-refractivity contribution is 5.91. The summed E-state index contributed by atoms with van der Waals surface area (Å²) in [5.74, 6) is 0.195. The molecular weight excluding hydrogens is 258 g/mol. The molecule has 0 amide bonds. The van der Waals surface area contributed by atoms with Crippen LogP contribution in [0.2, 0.25) is 0 Å². The SMILES string of the molecule is O=C(/C=C1/CCc2ccccc2N1)CCc1ccccc1. The first kappa shape index (κ1) is 13.6. The standard InChI is InChI=1S/C19H19NO/c21-18(13-10-15-6-2-1-3-7-15)14-17-12-11-16-8-4-5-9-19(16)20-17/h1-9,14,20H,10-13H2/b17-14-. The van der Waals surface area contributed by atoms with Crippen molar-refractivity contribution in [3.8, 4) is 0 Å². The lowest BCUT2D eigenvalue weighted by atomic mass is 10.00. The fraction of sp³-hybridized carbons (Fsp3) is 0.211. The van der Waals surface area contributed by atoms with Crippen LogP contribution in [0, 0.1) is 0 Å². The minimum atomic E-state index is 0.195. The normalized spacial score (nSPS) is 15.3. The number of para-hydroxylation sites is 1. The Labute approximate surface area is 125 Å². The average Bonchev–Trinajstić information content (AvgIpc) is 2.54. The van der Waals surface area contributed by atoms with E-state index in [0.717, 1.165) is 30.6 Å². The maximum Gasteiger partial charge on any atom is 0.157 e. The molecule has 21 heavy (non-hydrogen) atoms. The first-order chi connectivity index (χ1) is 10.3. The number of hydrogen-bond donors (Lipinski definition) is 1. The van der Waals surface area contributed by atoms with E-state index in [-0.39, 0.29) is 5.78 Å². The van der Waals surface area contributed by atoms with Crippen molar-refractivity contribution in [3.05, 3.63) is 77.5 Å². The summed E-state index contributed by atoms with van der Waals surface area (Å²) >= 11 is 0. The summed E-state index contributed by atoms with van der Waals surface area (Å²) in [7, 11) is 0. The average molecular weight is 277 g/mol. The Morgan fingerprint density at radius 3 is 2.62 bits per heavy atom. The second kappa shape index (κ2) is 6.40. The van der Waals surface area contributed by atoms with Crippen molar-refractivity contribution in [3.63, 3.8) is 0 Å². The number of benzene rings is 2. The molecule has 3 rings (SSSR count). The third-order valence-corrected chi connectivity index (χ3v) is 3.81. The zero-order chi connectivity index (χ0) is 14.5. The summed E-state index contributed by atoms with van der Waals surface area (Å²) in [5, 5.41) is 3.37. The molecule has 2 aromatic carbocycles. The lowest BCUT2D eigenvalue weighted by Crippen LogP contribution is -2.11. The number of ketones is 1. The Morgan fingerprint density at radius 1 is 1.00 bits per heavy atom. The van der Waals surface area contributed by atoms with Crippen molar-refractivity contribution in [1.29, 1.82) is 0 Å². The summed E-state index contributed by atoms with van der Waals surface area (Å²) < 4.78 is 0. The number of aryl methyl sites for hydroxylation is 2. The molecule has 0 aliphatic carbocycles. The van der Waals surface area contributed by atoms with Crippen LogP contribution in [0.5, 0.6) is 0 Å². The molecule has 1 heterocycles. The first-order valence-corrected chi connectivity index (χ1v) is 7.43. The number of carbonyl (C=O) groups excluding carboxylic acids is 1. The van der Waals surface area contributed by atoms with Crippen molar-refractivity contribution < 1.29 is 4.79 Å². The molecule has 0 atom stereocenters. The van der Waals surface area contributed by atoms with Crippen molar-refractivity contribution in [2.24, 2.45) is 0 Å². The Hall–Kier alpha value is -2.35. The van der Waals surface area contributed by atoms with Crippen LogP contribution in [0.15, 0.2) is 66.4 Å². The summed E-state index contributed by atoms with van der Waals surface area (Å²) in [4.78, 5) is 12.1. The molecule has 1 aliphatic rings. The molecule has 0 saturated heterocycles. The zero-order valence-electron chi connectivity index (χ0n) is 12.0. The number of fused-ring (bicyclic) bond motifs is 1. The molecular formula is C19H19NO. The molecule has 0 aromatic heterocycles. The Morgan fingerprint density at radius 2 is 1.76 bits per heavy atom. The van der Waals surface area contributed by atoms with Gasteiger partial charge in [0.15, 0.2) is 5.78 Å². The van der Waals surface area contributed by atoms with Crippen LogP contribution in [-0.4, -0.2) is 5.78 Å². The van der Waals surface area contributed by atoms with Crippen LogP contribution in [0.1, 0.15) is 24.0 Å². The molecule has 1 aliphatic heterocycles. The molecule has 2 heteroatoms. The van der Waals surface area contributed by atoms with E-state index in [4.69, 9.17) is 0 Å². The van der Waals surface area contributed by atoms with Gasteiger partial charge in [0, 0.05) is 23.9 Å². The van der Waals surface area contributed by atoms with E-state index in [1.54, 1.807) is 6.08 Å². The maximum absolute atomic E-state index is 12.1. The summed E-state index contributed by atoms with van der Waals surface area (Å²) in [6, 6.07) is 18.4. The number of allylic oxidation sites excluding steroid dienone is 2. The molecule has 0 saturated carbocycles. The van der Waals surface area contributed by atoms with E-state index in [1.807, 2.05) is 24.3 Å². The predicted octanol–water partition coefficient (Wildman–Crippen LogP) is 4.13. The van der Waals surface area contributed by atoms with Crippen LogP contribution in [0.25, 0.3) is 0 Å². The Kier molecular flexibility index (Phi) is 4.15. The molecule has 0 bridgehead atoms. The molecule has 0 fully saturated rings. The molecule has 106 valence electrons. The third-order valence-electron chi connectivity index (χ3n) is 3.81. The molecule has 0 radical (unpaired) electrons. The summed E-state index contributed by atoms with van der Waals surface area (Å²) in [5.41, 5.74) is 4.70. The third kappa shape index (κ3) is 3.60. The van der Waals surface area contributed by atoms with Crippen LogP contribution >= 0.6 is 0 Å². The van der Waals surface area contributed by atoms with E-state index >= 15 is 0 Å². The number of rotatable bonds is 4. The van der Waals surface area contributed by atoms with Gasteiger partial charge < -0.3 is 5.32 Å². The minimum absolute atomic E-state index is 0.195. The van der Waals surface area contributed by atoms with Crippen LogP contribution < -0.4 is 5.32 Å². The van der Waals surface area contributed by atoms with Crippen molar-refractivity contribution in [2.75, 3.05) is 5.32 Å². The van der Waals surface area contributed by atoms with E-state index in [0.29, 0.717) is 6.42 Å². The van der Waals surface area contributed by atoms with E-state index in [9.17, 15) is 4.79 Å². The van der Waals surface area contributed by atoms with Gasteiger partial charge in [-0.15, -0.1) is 0 Å². The lowest BCUT2D eigenvalue weighted by molar-refractivity contribution is -0.114. The highest BCUT2D eigenvalue weighted by atomic mass is 16.1. The lowest BCUT2D eigenvalue weighted by Gasteiger charge is -2.20. The number of nitrogens with one attached hydrogen (secondary N) is 1. The van der Waals surface area contributed by atoms with E-state index in [1.165, 1.54) is 11.1 Å². The van der Waals surface area contributed by atoms with Crippen LogP contribution in [0.4, 0.5) is 5.69 Å². The highest BCUT2D eigenvalue weighted by Gasteiger charge is 2.12. The molecule has 1 N–H and O–H groups in total. The highest BCUT2D eigenvalue weighted by Crippen LogP contribution is 2.26. The quantitative estimate of drug-likeness (QED) is 0.851. The molecule has 2 nitrogen and oxygen atoms in total. The van der Waals surface area contributed by atoms with Crippen molar-refractivity contribution in [1.82, 2.24) is 0 Å². The van der Waals surface area contributed by atoms with Gasteiger partial charge in [-0.2, -0.15) is 0 Å². The van der Waals surface area contributed by atoms with Gasteiger partial charge in [0.2, 0.25) is 0 Å². The van der Waals surface area contributed by atoms with Crippen LogP contribution in [-0.2, 0) is 17.6 Å². The van der Waals surface area contributed by atoms with Gasteiger partial charge in [0.25, 0.3) is 0 Å². The fourth-order valence-electron chi connectivity index (χ4n) is 2.65. The topological polar surface area (TPSA) is 29.1 Å². The molecule has 0 unspecified atom stereocenters. The van der Waals surface area contributed by atoms with Gasteiger partial charge in [-0.05, 0) is 36.5 Å². The Balaban J connectivity index is 1.60. The van der Waals surface area contributed by atoms with E-state index in [2.05, 4.69) is 35.6 Å². The second-order valence-electron chi connectivity index (χ2n) is 5.40. The van der Waals surface area contributed by atoms with Crippen molar-refractivity contribution in [2.45, 2.75) is 25.7 Å². The van der Waals surface area contributed by atoms with Gasteiger partial charge in [-0.25, -0.2) is 0 Å². The van der Waals surface area contributed by atoms with Gasteiger partial charge >= 0.3 is 0 Å². The van der Waals surface area contributed by atoms with E-state index < -0.39 is 0 Å². The fourth-order valence-corrected chi connectivity index (χ4v) is 2.65. The minimum Gasteiger partial charge on any atom is -0.359 e. The van der Waals surface area contributed by atoms with Gasteiger partial charge in [0.1, 0.15) is 0 Å².